The van der Waals surface area contributed by atoms with Gasteiger partial charge < -0.3 is 5.11 Å². The number of benzene rings is 2. The largest absolute Gasteiger partial charge is 0.480 e. The number of rotatable bonds is 4. The molecule has 0 bridgehead atoms. The molecule has 0 unspecified atom stereocenters. The van der Waals surface area contributed by atoms with E-state index in [1.165, 1.54) is 36.4 Å². The smallest absolute Gasteiger partial charge is 0.323 e. The van der Waals surface area contributed by atoms with Crippen LogP contribution in [0.2, 0.25) is 5.02 Å². The summed E-state index contributed by atoms with van der Waals surface area (Å²) in [6, 6.07) is 10.0. The van der Waals surface area contributed by atoms with Crippen molar-refractivity contribution in [3.8, 4) is 0 Å². The Labute approximate surface area is 169 Å². The van der Waals surface area contributed by atoms with Gasteiger partial charge in [-0.3, -0.25) is 29.0 Å². The molecule has 0 aromatic heterocycles. The summed E-state index contributed by atoms with van der Waals surface area (Å²) in [5.74, 6) is -4.10. The van der Waals surface area contributed by atoms with Crippen LogP contribution in [0.25, 0.3) is 0 Å². The predicted molar refractivity (Wildman–Crippen MR) is 99.7 cm³/mol. The van der Waals surface area contributed by atoms with Crippen LogP contribution in [0, 0.1) is 5.82 Å². The molecule has 1 fully saturated rings. The van der Waals surface area contributed by atoms with Crippen molar-refractivity contribution in [2.24, 2.45) is 0 Å². The number of hydrogen-bond acceptors (Lipinski definition) is 4. The Hall–Kier alpha value is -3.26. The number of carboxylic acids is 1. The number of carbonyl (C=O) groups is 4. The predicted octanol–water partition coefficient (Wildman–Crippen LogP) is 2.11. The normalized spacial score (nSPS) is 20.7. The van der Waals surface area contributed by atoms with Crippen LogP contribution in [0.5, 0.6) is 0 Å². The van der Waals surface area contributed by atoms with Gasteiger partial charge in [0, 0.05) is 21.8 Å². The highest BCUT2D eigenvalue weighted by Crippen LogP contribution is 2.49. The number of amides is 3. The van der Waals surface area contributed by atoms with E-state index in [1.807, 2.05) is 0 Å². The molecular weight excluding hydrogens is 403 g/mol. The van der Waals surface area contributed by atoms with E-state index in [0.29, 0.717) is 0 Å². The molecular formula is C20H14ClFN2O5. The van der Waals surface area contributed by atoms with Crippen molar-refractivity contribution in [3.63, 3.8) is 0 Å². The third-order valence-electron chi connectivity index (χ3n) is 5.23. The van der Waals surface area contributed by atoms with Gasteiger partial charge in [-0.2, -0.15) is 0 Å². The van der Waals surface area contributed by atoms with Crippen molar-refractivity contribution < 1.29 is 28.7 Å². The first-order valence-electron chi connectivity index (χ1n) is 8.67. The van der Waals surface area contributed by atoms with Crippen molar-refractivity contribution in [1.29, 1.82) is 0 Å². The lowest BCUT2D eigenvalue weighted by molar-refractivity contribution is -0.143. The van der Waals surface area contributed by atoms with Gasteiger partial charge in [0.05, 0.1) is 13.0 Å². The Morgan fingerprint density at radius 1 is 1.10 bits per heavy atom. The van der Waals surface area contributed by atoms with E-state index in [0.717, 1.165) is 9.80 Å². The molecule has 9 heteroatoms. The van der Waals surface area contributed by atoms with Gasteiger partial charge in [-0.15, -0.1) is 0 Å². The van der Waals surface area contributed by atoms with E-state index in [-0.39, 0.29) is 28.4 Å². The molecule has 29 heavy (non-hydrogen) atoms. The van der Waals surface area contributed by atoms with Crippen LogP contribution >= 0.6 is 11.6 Å². The highest BCUT2D eigenvalue weighted by Gasteiger charge is 2.63. The minimum absolute atomic E-state index is 0.130. The standard InChI is InChI=1S/C20H14ClFN2O5/c21-12-5-6-15-13(7-12)20(18(28)23(15)10-17(26)27)8-16(25)24(19(20)29)9-11-3-1-2-4-14(11)22/h1-7H,8-10H2,(H,26,27)/t20-/m1/s1. The van der Waals surface area contributed by atoms with Crippen LogP contribution in [0.3, 0.4) is 0 Å². The van der Waals surface area contributed by atoms with Gasteiger partial charge in [-0.1, -0.05) is 29.8 Å². The van der Waals surface area contributed by atoms with E-state index < -0.39 is 47.9 Å². The zero-order chi connectivity index (χ0) is 20.9. The molecule has 1 spiro atoms. The summed E-state index contributed by atoms with van der Waals surface area (Å²) in [7, 11) is 0. The lowest BCUT2D eigenvalue weighted by Gasteiger charge is -2.22. The SMILES string of the molecule is O=C(O)CN1C(=O)[C@@]2(CC(=O)N(Cc3ccccc3F)C2=O)c2cc(Cl)ccc21. The molecule has 3 amide bonds. The maximum absolute atomic E-state index is 14.0. The summed E-state index contributed by atoms with van der Waals surface area (Å²) < 4.78 is 14.0. The van der Waals surface area contributed by atoms with Crippen molar-refractivity contribution in [3.05, 3.63) is 64.4 Å². The van der Waals surface area contributed by atoms with Crippen LogP contribution in [0.15, 0.2) is 42.5 Å². The average Bonchev–Trinajstić information content (AvgIpc) is 3.04. The Morgan fingerprint density at radius 2 is 1.79 bits per heavy atom. The summed E-state index contributed by atoms with van der Waals surface area (Å²) in [5, 5.41) is 9.41. The molecule has 7 nitrogen and oxygen atoms in total. The highest BCUT2D eigenvalue weighted by molar-refractivity contribution is 6.32. The number of fused-ring (bicyclic) bond motifs is 2. The topological polar surface area (TPSA) is 95.0 Å². The molecule has 1 saturated heterocycles. The number of hydrogen-bond donors (Lipinski definition) is 1. The minimum atomic E-state index is -1.89. The fourth-order valence-electron chi connectivity index (χ4n) is 3.91. The molecule has 0 radical (unpaired) electrons. The first-order chi connectivity index (χ1) is 13.8. The maximum atomic E-state index is 14.0. The number of halogens is 2. The molecule has 0 aliphatic carbocycles. The summed E-state index contributed by atoms with van der Waals surface area (Å²) >= 11 is 6.05. The monoisotopic (exact) mass is 416 g/mol. The molecule has 1 atom stereocenters. The zero-order valence-corrected chi connectivity index (χ0v) is 15.6. The molecule has 2 aliphatic heterocycles. The Balaban J connectivity index is 1.80. The van der Waals surface area contributed by atoms with Gasteiger partial charge in [0.15, 0.2) is 5.41 Å². The summed E-state index contributed by atoms with van der Waals surface area (Å²) in [6.45, 7) is -0.988. The van der Waals surface area contributed by atoms with Gasteiger partial charge in [0.1, 0.15) is 12.4 Å². The summed E-state index contributed by atoms with van der Waals surface area (Å²) in [5.41, 5.74) is -1.36. The van der Waals surface area contributed by atoms with E-state index in [9.17, 15) is 28.7 Å². The first kappa shape index (κ1) is 19.1. The lowest BCUT2D eigenvalue weighted by Crippen LogP contribution is -2.47. The molecule has 1 N–H and O–H groups in total. The molecule has 148 valence electrons. The first-order valence-corrected chi connectivity index (χ1v) is 9.05. The number of nitrogens with zero attached hydrogens (tertiary/aromatic N) is 2. The highest BCUT2D eigenvalue weighted by atomic mass is 35.5. The van der Waals surface area contributed by atoms with Crippen molar-refractivity contribution >= 4 is 41.0 Å². The number of aliphatic carboxylic acids is 1. The Kier molecular flexibility index (Phi) is 4.38. The number of carboxylic acid groups (broad SMARTS) is 1. The third-order valence-corrected chi connectivity index (χ3v) is 5.46. The van der Waals surface area contributed by atoms with Crippen LogP contribution < -0.4 is 4.90 Å². The van der Waals surface area contributed by atoms with Crippen LogP contribution in [-0.2, 0) is 31.1 Å². The second-order valence-corrected chi connectivity index (χ2v) is 7.34. The molecule has 2 heterocycles. The molecule has 2 aromatic rings. The second kappa shape index (κ2) is 6.66. The van der Waals surface area contributed by atoms with Crippen molar-refractivity contribution in [1.82, 2.24) is 4.90 Å². The number of anilines is 1. The van der Waals surface area contributed by atoms with Crippen molar-refractivity contribution in [2.75, 3.05) is 11.4 Å². The summed E-state index contributed by atoms with van der Waals surface area (Å²) in [6.07, 6.45) is -0.470. The molecule has 4 rings (SSSR count). The van der Waals surface area contributed by atoms with Gasteiger partial charge in [0.25, 0.3) is 0 Å². The van der Waals surface area contributed by atoms with E-state index >= 15 is 0 Å². The van der Waals surface area contributed by atoms with Gasteiger partial charge >= 0.3 is 5.97 Å². The van der Waals surface area contributed by atoms with Crippen LogP contribution in [0.4, 0.5) is 10.1 Å². The van der Waals surface area contributed by atoms with Gasteiger partial charge in [0.2, 0.25) is 17.7 Å². The number of imide groups is 1. The number of carbonyl (C=O) groups excluding carboxylic acids is 3. The molecule has 0 saturated carbocycles. The Bertz CT molecular complexity index is 1090. The minimum Gasteiger partial charge on any atom is -0.480 e. The average molecular weight is 417 g/mol. The van der Waals surface area contributed by atoms with Gasteiger partial charge in [-0.25, -0.2) is 4.39 Å². The van der Waals surface area contributed by atoms with Gasteiger partial charge in [-0.05, 0) is 24.3 Å². The lowest BCUT2D eigenvalue weighted by atomic mass is 9.80. The maximum Gasteiger partial charge on any atom is 0.323 e. The van der Waals surface area contributed by atoms with E-state index in [1.54, 1.807) is 6.07 Å². The van der Waals surface area contributed by atoms with E-state index in [4.69, 9.17) is 11.6 Å². The second-order valence-electron chi connectivity index (χ2n) is 6.91. The summed E-state index contributed by atoms with van der Waals surface area (Å²) in [4.78, 5) is 52.3. The third kappa shape index (κ3) is 2.79. The fraction of sp³-hybridized carbons (Fsp3) is 0.200. The molecule has 2 aliphatic rings. The van der Waals surface area contributed by atoms with Crippen LogP contribution in [0.1, 0.15) is 17.5 Å². The van der Waals surface area contributed by atoms with E-state index in [2.05, 4.69) is 0 Å². The quantitative estimate of drug-likeness (QED) is 0.608. The van der Waals surface area contributed by atoms with Crippen molar-refractivity contribution in [2.45, 2.75) is 18.4 Å². The molecule has 2 aromatic carbocycles. The Morgan fingerprint density at radius 3 is 2.48 bits per heavy atom. The number of likely N-dealkylation sites (tertiary alicyclic amines) is 1. The zero-order valence-electron chi connectivity index (χ0n) is 14.9. The van der Waals surface area contributed by atoms with Crippen LogP contribution in [-0.4, -0.2) is 40.2 Å². The fourth-order valence-corrected chi connectivity index (χ4v) is 4.08.